The fraction of sp³-hybridized carbons (Fsp3) is 0.909. The maximum Gasteiger partial charge on any atom is 0.239 e. The van der Waals surface area contributed by atoms with Gasteiger partial charge in [0.2, 0.25) is 5.91 Å². The molecule has 0 aromatic carbocycles. The molecule has 0 radical (unpaired) electrons. The lowest BCUT2D eigenvalue weighted by molar-refractivity contribution is -0.134. The summed E-state index contributed by atoms with van der Waals surface area (Å²) in [4.78, 5) is 13.9. The molecule has 0 bridgehead atoms. The highest BCUT2D eigenvalue weighted by Gasteiger charge is 2.31. The van der Waals surface area contributed by atoms with Gasteiger partial charge in [0.25, 0.3) is 0 Å². The maximum atomic E-state index is 12.2. The third kappa shape index (κ3) is 3.19. The normalized spacial score (nSPS) is 33.4. The van der Waals surface area contributed by atoms with Crippen LogP contribution in [0, 0.1) is 0 Å². The zero-order valence-corrected chi connectivity index (χ0v) is 11.0. The topological polar surface area (TPSA) is 66.5 Å². The first kappa shape index (κ1) is 12.8. The van der Waals surface area contributed by atoms with Crippen molar-refractivity contribution in [3.05, 3.63) is 0 Å². The van der Waals surface area contributed by atoms with Gasteiger partial charge in [-0.2, -0.15) is 0 Å². The monoisotopic (exact) mass is 260 g/mol. The van der Waals surface area contributed by atoms with Crippen molar-refractivity contribution < 1.29 is 13.2 Å². The van der Waals surface area contributed by atoms with Gasteiger partial charge in [-0.25, -0.2) is 8.42 Å². The molecule has 1 N–H and O–H groups in total. The number of piperidine rings is 1. The van der Waals surface area contributed by atoms with Crippen molar-refractivity contribution >= 4 is 15.7 Å². The van der Waals surface area contributed by atoms with E-state index >= 15 is 0 Å². The number of amides is 1. The summed E-state index contributed by atoms with van der Waals surface area (Å²) in [6, 6.07) is 0.269. The van der Waals surface area contributed by atoms with E-state index in [4.69, 9.17) is 0 Å². The largest absolute Gasteiger partial charge is 0.339 e. The van der Waals surface area contributed by atoms with Crippen molar-refractivity contribution in [1.82, 2.24) is 10.2 Å². The van der Waals surface area contributed by atoms with Crippen LogP contribution < -0.4 is 5.32 Å². The Kier molecular flexibility index (Phi) is 3.73. The molecule has 2 unspecified atom stereocenters. The number of rotatable bonds is 1. The van der Waals surface area contributed by atoms with Gasteiger partial charge >= 0.3 is 0 Å². The third-order valence-corrected chi connectivity index (χ3v) is 5.18. The molecule has 1 amide bonds. The predicted molar refractivity (Wildman–Crippen MR) is 65.5 cm³/mol. The number of sulfone groups is 1. The van der Waals surface area contributed by atoms with Crippen LogP contribution in [0.15, 0.2) is 0 Å². The number of hydrogen-bond acceptors (Lipinski definition) is 4. The van der Waals surface area contributed by atoms with Gasteiger partial charge in [-0.05, 0) is 26.2 Å². The van der Waals surface area contributed by atoms with Gasteiger partial charge in [0.05, 0.1) is 17.5 Å². The van der Waals surface area contributed by atoms with Crippen molar-refractivity contribution in [2.45, 2.75) is 38.3 Å². The molecule has 2 atom stereocenters. The standard InChI is InChI=1S/C11H20N2O3S/c1-9-3-2-4-10(12-9)11(14)13-5-7-17(15,16)8-6-13/h9-10,12H,2-8H2,1H3. The van der Waals surface area contributed by atoms with E-state index in [1.807, 2.05) is 0 Å². The Hall–Kier alpha value is -0.620. The fourth-order valence-electron chi connectivity index (χ4n) is 2.49. The molecule has 0 aromatic heterocycles. The smallest absolute Gasteiger partial charge is 0.239 e. The Morgan fingerprint density at radius 2 is 1.88 bits per heavy atom. The van der Waals surface area contributed by atoms with Gasteiger partial charge in [0.15, 0.2) is 9.84 Å². The highest BCUT2D eigenvalue weighted by Crippen LogP contribution is 2.15. The van der Waals surface area contributed by atoms with E-state index in [1.54, 1.807) is 4.90 Å². The van der Waals surface area contributed by atoms with E-state index in [1.165, 1.54) is 0 Å². The van der Waals surface area contributed by atoms with Crippen molar-refractivity contribution in [3.8, 4) is 0 Å². The molecular weight excluding hydrogens is 240 g/mol. The van der Waals surface area contributed by atoms with Crippen molar-refractivity contribution in [3.63, 3.8) is 0 Å². The molecule has 5 nitrogen and oxygen atoms in total. The lowest BCUT2D eigenvalue weighted by atomic mass is 9.98. The van der Waals surface area contributed by atoms with Crippen LogP contribution in [0.1, 0.15) is 26.2 Å². The number of carbonyl (C=O) groups excluding carboxylic acids is 1. The molecule has 0 spiro atoms. The summed E-state index contributed by atoms with van der Waals surface area (Å²) in [5.41, 5.74) is 0. The molecule has 6 heteroatoms. The summed E-state index contributed by atoms with van der Waals surface area (Å²) in [5.74, 6) is 0.300. The predicted octanol–water partition coefficient (Wildman–Crippen LogP) is -0.226. The second kappa shape index (κ2) is 4.94. The average Bonchev–Trinajstić information content (AvgIpc) is 2.28. The second-order valence-electron chi connectivity index (χ2n) is 5.03. The molecule has 2 fully saturated rings. The summed E-state index contributed by atoms with van der Waals surface area (Å²) in [7, 11) is -2.90. The fourth-order valence-corrected chi connectivity index (χ4v) is 3.69. The molecule has 2 aliphatic heterocycles. The SMILES string of the molecule is CC1CCCC(C(=O)N2CCS(=O)(=O)CC2)N1. The Labute approximate surface area is 102 Å². The van der Waals surface area contributed by atoms with E-state index < -0.39 is 9.84 Å². The highest BCUT2D eigenvalue weighted by atomic mass is 32.2. The highest BCUT2D eigenvalue weighted by molar-refractivity contribution is 7.91. The molecule has 17 heavy (non-hydrogen) atoms. The Morgan fingerprint density at radius 1 is 1.24 bits per heavy atom. The second-order valence-corrected chi connectivity index (χ2v) is 7.33. The molecule has 98 valence electrons. The first-order valence-electron chi connectivity index (χ1n) is 6.23. The van der Waals surface area contributed by atoms with Gasteiger partial charge in [-0.1, -0.05) is 0 Å². The Morgan fingerprint density at radius 3 is 2.47 bits per heavy atom. The summed E-state index contributed by atoms with van der Waals surface area (Å²) in [6.07, 6.45) is 3.04. The van der Waals surface area contributed by atoms with Crippen LogP contribution in [0.4, 0.5) is 0 Å². The van der Waals surface area contributed by atoms with Crippen molar-refractivity contribution in [1.29, 1.82) is 0 Å². The third-order valence-electron chi connectivity index (χ3n) is 3.57. The Bertz CT molecular complexity index is 380. The molecule has 0 aromatic rings. The van der Waals surface area contributed by atoms with E-state index in [0.717, 1.165) is 19.3 Å². The van der Waals surface area contributed by atoms with Crippen LogP contribution in [0.3, 0.4) is 0 Å². The summed E-state index contributed by atoms with van der Waals surface area (Å²) in [6.45, 7) is 2.79. The van der Waals surface area contributed by atoms with E-state index in [9.17, 15) is 13.2 Å². The van der Waals surface area contributed by atoms with Crippen molar-refractivity contribution in [2.24, 2.45) is 0 Å². The summed E-state index contributed by atoms with van der Waals surface area (Å²) >= 11 is 0. The average molecular weight is 260 g/mol. The minimum atomic E-state index is -2.90. The van der Waals surface area contributed by atoms with E-state index in [-0.39, 0.29) is 23.5 Å². The lowest BCUT2D eigenvalue weighted by Crippen LogP contribution is -2.54. The molecule has 2 rings (SSSR count). The molecular formula is C11H20N2O3S. The van der Waals surface area contributed by atoms with Crippen LogP contribution in [-0.4, -0.2) is 55.9 Å². The number of carbonyl (C=O) groups is 1. The molecule has 2 aliphatic rings. The number of nitrogens with one attached hydrogen (secondary N) is 1. The van der Waals surface area contributed by atoms with Gasteiger partial charge in [0, 0.05) is 19.1 Å². The van der Waals surface area contributed by atoms with Crippen molar-refractivity contribution in [2.75, 3.05) is 24.6 Å². The lowest BCUT2D eigenvalue weighted by Gasteiger charge is -2.34. The maximum absolute atomic E-state index is 12.2. The summed E-state index contributed by atoms with van der Waals surface area (Å²) in [5, 5.41) is 3.29. The van der Waals surface area contributed by atoms with Gasteiger partial charge < -0.3 is 10.2 Å². The zero-order chi connectivity index (χ0) is 12.5. The minimum absolute atomic E-state index is 0.0754. The molecule has 2 saturated heterocycles. The molecule has 2 heterocycles. The quantitative estimate of drug-likeness (QED) is 0.707. The number of hydrogen-bond donors (Lipinski definition) is 1. The van der Waals surface area contributed by atoms with Gasteiger partial charge in [-0.3, -0.25) is 4.79 Å². The molecule has 0 saturated carbocycles. The Balaban J connectivity index is 1.92. The van der Waals surface area contributed by atoms with Crippen LogP contribution in [0.5, 0.6) is 0 Å². The number of nitrogens with zero attached hydrogens (tertiary/aromatic N) is 1. The first-order chi connectivity index (χ1) is 7.98. The van der Waals surface area contributed by atoms with Gasteiger partial charge in [-0.15, -0.1) is 0 Å². The van der Waals surface area contributed by atoms with Crippen LogP contribution >= 0.6 is 0 Å². The van der Waals surface area contributed by atoms with E-state index in [2.05, 4.69) is 12.2 Å². The summed E-state index contributed by atoms with van der Waals surface area (Å²) < 4.78 is 22.6. The van der Waals surface area contributed by atoms with Crippen LogP contribution in [0.2, 0.25) is 0 Å². The van der Waals surface area contributed by atoms with E-state index in [0.29, 0.717) is 19.1 Å². The van der Waals surface area contributed by atoms with Crippen LogP contribution in [-0.2, 0) is 14.6 Å². The minimum Gasteiger partial charge on any atom is -0.339 e. The van der Waals surface area contributed by atoms with Gasteiger partial charge in [0.1, 0.15) is 0 Å². The first-order valence-corrected chi connectivity index (χ1v) is 8.05. The van der Waals surface area contributed by atoms with Crippen LogP contribution in [0.25, 0.3) is 0 Å². The molecule has 0 aliphatic carbocycles. The zero-order valence-electron chi connectivity index (χ0n) is 10.2.